The zero-order chi connectivity index (χ0) is 20.8. The molecule has 0 spiro atoms. The highest BCUT2D eigenvalue weighted by molar-refractivity contribution is 7.99. The Morgan fingerprint density at radius 3 is 2.87 bits per heavy atom. The van der Waals surface area contributed by atoms with E-state index < -0.39 is 0 Å². The van der Waals surface area contributed by atoms with Crippen molar-refractivity contribution in [2.24, 2.45) is 0 Å². The van der Waals surface area contributed by atoms with Crippen LogP contribution in [-0.2, 0) is 11.3 Å². The van der Waals surface area contributed by atoms with Crippen LogP contribution in [0.5, 0.6) is 0 Å². The number of nitrogens with one attached hydrogen (secondary N) is 1. The SMILES string of the molecule is CSCC(=O)Nc1ccc2oc(C(=O)N3Cc4nnc(C5CC5)n4[C@@H](C)C3)cc2c1. The normalized spacial score (nSPS) is 18.5. The number of rotatable bonds is 5. The fourth-order valence-corrected chi connectivity index (χ4v) is 4.38. The lowest BCUT2D eigenvalue weighted by Crippen LogP contribution is -2.40. The second-order valence-electron chi connectivity index (χ2n) is 8.00. The number of benzene rings is 1. The predicted octanol–water partition coefficient (Wildman–Crippen LogP) is 3.42. The molecule has 9 heteroatoms. The fraction of sp³-hybridized carbons (Fsp3) is 0.429. The van der Waals surface area contributed by atoms with Crippen molar-refractivity contribution in [1.29, 1.82) is 0 Å². The summed E-state index contributed by atoms with van der Waals surface area (Å²) in [7, 11) is 0. The molecule has 1 N–H and O–H groups in total. The number of nitrogens with zero attached hydrogens (tertiary/aromatic N) is 4. The van der Waals surface area contributed by atoms with Gasteiger partial charge in [0.1, 0.15) is 11.4 Å². The van der Waals surface area contributed by atoms with Crippen LogP contribution in [0.25, 0.3) is 11.0 Å². The lowest BCUT2D eigenvalue weighted by atomic mass is 10.2. The molecule has 0 bridgehead atoms. The van der Waals surface area contributed by atoms with Gasteiger partial charge in [0.2, 0.25) is 5.91 Å². The van der Waals surface area contributed by atoms with E-state index in [9.17, 15) is 9.59 Å². The van der Waals surface area contributed by atoms with E-state index in [1.807, 2.05) is 12.3 Å². The second-order valence-corrected chi connectivity index (χ2v) is 8.86. The van der Waals surface area contributed by atoms with Gasteiger partial charge in [-0.05, 0) is 50.3 Å². The summed E-state index contributed by atoms with van der Waals surface area (Å²) in [5, 5.41) is 12.3. The molecule has 1 fully saturated rings. The molecule has 30 heavy (non-hydrogen) atoms. The average molecular weight is 426 g/mol. The van der Waals surface area contributed by atoms with Crippen LogP contribution in [0, 0.1) is 0 Å². The number of fused-ring (bicyclic) bond motifs is 2. The molecule has 0 saturated heterocycles. The summed E-state index contributed by atoms with van der Waals surface area (Å²) in [6, 6.07) is 7.25. The number of thioether (sulfide) groups is 1. The zero-order valence-electron chi connectivity index (χ0n) is 16.9. The van der Waals surface area contributed by atoms with Gasteiger partial charge in [-0.25, -0.2) is 0 Å². The van der Waals surface area contributed by atoms with E-state index in [1.54, 1.807) is 23.1 Å². The van der Waals surface area contributed by atoms with Gasteiger partial charge in [-0.1, -0.05) is 0 Å². The van der Waals surface area contributed by atoms with Crippen molar-refractivity contribution in [1.82, 2.24) is 19.7 Å². The van der Waals surface area contributed by atoms with Crippen molar-refractivity contribution in [3.63, 3.8) is 0 Å². The van der Waals surface area contributed by atoms with Crippen LogP contribution in [0.3, 0.4) is 0 Å². The van der Waals surface area contributed by atoms with E-state index >= 15 is 0 Å². The number of carbonyl (C=O) groups is 2. The van der Waals surface area contributed by atoms with E-state index in [0.29, 0.717) is 41.8 Å². The summed E-state index contributed by atoms with van der Waals surface area (Å²) >= 11 is 1.47. The summed E-state index contributed by atoms with van der Waals surface area (Å²) in [4.78, 5) is 26.7. The number of carbonyl (C=O) groups excluding carboxylic acids is 2. The zero-order valence-corrected chi connectivity index (χ0v) is 17.7. The van der Waals surface area contributed by atoms with Crippen LogP contribution < -0.4 is 5.32 Å². The van der Waals surface area contributed by atoms with Gasteiger partial charge in [-0.2, -0.15) is 11.8 Å². The molecule has 1 aromatic carbocycles. The third kappa shape index (κ3) is 3.47. The lowest BCUT2D eigenvalue weighted by molar-refractivity contribution is -0.113. The van der Waals surface area contributed by atoms with Gasteiger partial charge in [-0.3, -0.25) is 9.59 Å². The maximum atomic E-state index is 13.1. The minimum Gasteiger partial charge on any atom is -0.451 e. The Kier molecular flexibility index (Phi) is 4.77. The van der Waals surface area contributed by atoms with E-state index in [2.05, 4.69) is 27.0 Å². The van der Waals surface area contributed by atoms with E-state index in [0.717, 1.165) is 17.0 Å². The van der Waals surface area contributed by atoms with Crippen molar-refractivity contribution < 1.29 is 14.0 Å². The van der Waals surface area contributed by atoms with Crippen molar-refractivity contribution >= 4 is 40.2 Å². The number of hydrogen-bond acceptors (Lipinski definition) is 6. The quantitative estimate of drug-likeness (QED) is 0.673. The Hall–Kier alpha value is -2.81. The van der Waals surface area contributed by atoms with E-state index in [1.165, 1.54) is 24.6 Å². The molecule has 0 radical (unpaired) electrons. The summed E-state index contributed by atoms with van der Waals surface area (Å²) in [5.74, 6) is 2.89. The van der Waals surface area contributed by atoms with Gasteiger partial charge in [-0.15, -0.1) is 10.2 Å². The van der Waals surface area contributed by atoms with Crippen LogP contribution in [0.2, 0.25) is 0 Å². The monoisotopic (exact) mass is 425 g/mol. The first kappa shape index (κ1) is 19.2. The Bertz CT molecular complexity index is 1130. The maximum Gasteiger partial charge on any atom is 0.290 e. The highest BCUT2D eigenvalue weighted by Crippen LogP contribution is 2.41. The molecular formula is C21H23N5O3S. The molecule has 1 aliphatic carbocycles. The molecule has 2 aromatic heterocycles. The number of furan rings is 1. The Labute approximate surface area is 178 Å². The first-order valence-electron chi connectivity index (χ1n) is 10.1. The Morgan fingerprint density at radius 2 is 2.10 bits per heavy atom. The summed E-state index contributed by atoms with van der Waals surface area (Å²) in [5.41, 5.74) is 1.30. The Morgan fingerprint density at radius 1 is 1.27 bits per heavy atom. The number of aromatic nitrogens is 3. The minimum atomic E-state index is -0.159. The molecule has 1 saturated carbocycles. The highest BCUT2D eigenvalue weighted by atomic mass is 32.2. The smallest absolute Gasteiger partial charge is 0.290 e. The van der Waals surface area contributed by atoms with Crippen molar-refractivity contribution in [3.05, 3.63) is 41.7 Å². The first-order chi connectivity index (χ1) is 14.5. The van der Waals surface area contributed by atoms with Gasteiger partial charge < -0.3 is 19.2 Å². The van der Waals surface area contributed by atoms with Crippen LogP contribution in [0.4, 0.5) is 5.69 Å². The van der Waals surface area contributed by atoms with Gasteiger partial charge in [0.25, 0.3) is 5.91 Å². The van der Waals surface area contributed by atoms with Crippen LogP contribution >= 0.6 is 11.8 Å². The molecule has 3 heterocycles. The van der Waals surface area contributed by atoms with Crippen LogP contribution in [0.15, 0.2) is 28.7 Å². The van der Waals surface area contributed by atoms with Gasteiger partial charge in [0.15, 0.2) is 11.6 Å². The third-order valence-electron chi connectivity index (χ3n) is 5.57. The van der Waals surface area contributed by atoms with E-state index in [-0.39, 0.29) is 17.9 Å². The molecule has 0 unspecified atom stereocenters. The van der Waals surface area contributed by atoms with Crippen molar-refractivity contribution in [2.75, 3.05) is 23.9 Å². The predicted molar refractivity (Wildman–Crippen MR) is 115 cm³/mol. The molecule has 156 valence electrons. The lowest BCUT2D eigenvalue weighted by Gasteiger charge is -2.32. The molecule has 1 atom stereocenters. The molecule has 5 rings (SSSR count). The van der Waals surface area contributed by atoms with Crippen LogP contribution in [0.1, 0.15) is 53.9 Å². The van der Waals surface area contributed by atoms with Gasteiger partial charge in [0.05, 0.1) is 18.3 Å². The molecular weight excluding hydrogens is 402 g/mol. The molecule has 8 nitrogen and oxygen atoms in total. The van der Waals surface area contributed by atoms with Crippen molar-refractivity contribution in [2.45, 2.75) is 38.3 Å². The fourth-order valence-electron chi connectivity index (χ4n) is 4.05. The molecule has 2 amide bonds. The van der Waals surface area contributed by atoms with E-state index in [4.69, 9.17) is 4.42 Å². The molecule has 3 aromatic rings. The largest absolute Gasteiger partial charge is 0.451 e. The average Bonchev–Trinajstić information content (AvgIpc) is 3.32. The summed E-state index contributed by atoms with van der Waals surface area (Å²) in [6.45, 7) is 3.12. The Balaban J connectivity index is 1.36. The number of anilines is 1. The van der Waals surface area contributed by atoms with Gasteiger partial charge >= 0.3 is 0 Å². The maximum absolute atomic E-state index is 13.1. The second kappa shape index (κ2) is 7.46. The highest BCUT2D eigenvalue weighted by Gasteiger charge is 2.36. The van der Waals surface area contributed by atoms with Crippen LogP contribution in [-0.4, -0.2) is 50.0 Å². The molecule has 1 aliphatic heterocycles. The third-order valence-corrected chi connectivity index (χ3v) is 6.12. The first-order valence-corrected chi connectivity index (χ1v) is 11.5. The molecule has 2 aliphatic rings. The van der Waals surface area contributed by atoms with Gasteiger partial charge in [0, 0.05) is 23.5 Å². The van der Waals surface area contributed by atoms with Crippen molar-refractivity contribution in [3.8, 4) is 0 Å². The summed E-state index contributed by atoms with van der Waals surface area (Å²) in [6.07, 6.45) is 4.23. The number of hydrogen-bond donors (Lipinski definition) is 1. The standard InChI is InChI=1S/C21H23N5O3S/c1-12-9-25(10-18-23-24-20(26(12)18)13-3-4-13)21(28)17-8-14-7-15(5-6-16(14)29-17)22-19(27)11-30-2/h5-8,12-13H,3-4,9-11H2,1-2H3,(H,22,27)/t12-/m0/s1. The summed E-state index contributed by atoms with van der Waals surface area (Å²) < 4.78 is 8.01. The minimum absolute atomic E-state index is 0.0568. The number of amides is 2. The topological polar surface area (TPSA) is 93.3 Å².